The fraction of sp³-hybridized carbons (Fsp3) is 1.00. The third-order valence-electron chi connectivity index (χ3n) is 3.44. The Kier molecular flexibility index (Phi) is 12.3. The minimum atomic E-state index is 0.930. The first-order valence-corrected chi connectivity index (χ1v) is 6.60. The van der Waals surface area contributed by atoms with Gasteiger partial charge in [-0.15, -0.1) is 0 Å². The molecule has 0 aromatic rings. The summed E-state index contributed by atoms with van der Waals surface area (Å²) in [7, 11) is 0. The van der Waals surface area contributed by atoms with Gasteiger partial charge in [-0.25, -0.2) is 0 Å². The van der Waals surface area contributed by atoms with Gasteiger partial charge < -0.3 is 0 Å². The molecule has 0 aromatic carbocycles. The summed E-state index contributed by atoms with van der Waals surface area (Å²) in [6, 6.07) is 0. The van der Waals surface area contributed by atoms with Gasteiger partial charge in [0.25, 0.3) is 0 Å². The van der Waals surface area contributed by atoms with Crippen LogP contribution in [0.4, 0.5) is 0 Å². The molecule has 3 atom stereocenters. The van der Waals surface area contributed by atoms with E-state index in [0.29, 0.717) is 0 Å². The summed E-state index contributed by atoms with van der Waals surface area (Å²) in [6.45, 7) is 2.30. The van der Waals surface area contributed by atoms with Crippen molar-refractivity contribution in [3.8, 4) is 0 Å². The topological polar surface area (TPSA) is 0 Å². The molecule has 0 aromatic heterocycles. The van der Waals surface area contributed by atoms with Crippen molar-refractivity contribution in [2.45, 2.75) is 57.9 Å². The van der Waals surface area contributed by atoms with Crippen LogP contribution in [0.1, 0.15) is 39.0 Å². The molecular weight excluding hydrogens is 148 g/mol. The molecule has 0 aliphatic rings. The van der Waals surface area contributed by atoms with Gasteiger partial charge in [-0.3, -0.25) is 0 Å². The number of hydrogen-bond acceptors (Lipinski definition) is 0. The third-order valence-corrected chi connectivity index (χ3v) is 3.44. The molecule has 0 aliphatic heterocycles. The monoisotopic (exact) mass is 166 g/mol. The minimum absolute atomic E-state index is 0.930. The Balaban J connectivity index is 3.49. The van der Waals surface area contributed by atoms with Gasteiger partial charge in [-0.05, 0) is 0 Å². The first-order chi connectivity index (χ1) is 6.60. The van der Waals surface area contributed by atoms with Crippen LogP contribution in [0.5, 0.6) is 0 Å². The molecule has 0 radical (unpaired) electrons. The average Bonchev–Trinajstić information content (AvgIpc) is 2.14. The Morgan fingerprint density at radius 2 is 1.36 bits per heavy atom. The molecule has 3 unspecified atom stereocenters. The molecule has 0 nitrogen and oxygen atoms in total. The average molecular weight is 166 g/mol. The fourth-order valence-corrected chi connectivity index (χ4v) is 2.19. The van der Waals surface area contributed by atoms with Crippen molar-refractivity contribution >= 4 is 70.9 Å². The van der Waals surface area contributed by atoms with E-state index in [0.717, 1.165) is 13.8 Å². The molecule has 4 heteroatoms. The van der Waals surface area contributed by atoms with E-state index in [1.54, 1.807) is 0 Å². The van der Waals surface area contributed by atoms with Crippen LogP contribution in [-0.4, -0.2) is 70.9 Å². The van der Waals surface area contributed by atoms with Crippen LogP contribution in [0, 0.1) is 0 Å². The van der Waals surface area contributed by atoms with Crippen molar-refractivity contribution in [3.05, 3.63) is 0 Å². The van der Waals surface area contributed by atoms with Crippen LogP contribution in [0.15, 0.2) is 0 Å². The Labute approximate surface area is 127 Å². The molecule has 0 fully saturated rings. The van der Waals surface area contributed by atoms with Crippen LogP contribution in [0.25, 0.3) is 0 Å². The Bertz CT molecular complexity index is 129. The quantitative estimate of drug-likeness (QED) is 0.485. The molecule has 0 heterocycles. The van der Waals surface area contributed by atoms with E-state index in [-0.39, 0.29) is 0 Å². The van der Waals surface area contributed by atoms with Crippen molar-refractivity contribution in [3.63, 3.8) is 0 Å². The van der Waals surface area contributed by atoms with Gasteiger partial charge in [-0.1, -0.05) is 0 Å². The second kappa shape index (κ2) is 10.5. The zero-order valence-electron chi connectivity index (χ0n) is 11.0. The van der Waals surface area contributed by atoms with E-state index >= 15 is 0 Å². The third kappa shape index (κ3) is 9.60. The summed E-state index contributed by atoms with van der Waals surface area (Å²) in [5.41, 5.74) is 0. The van der Waals surface area contributed by atoms with Gasteiger partial charge in [0.15, 0.2) is 0 Å². The number of rotatable bonds is 8. The van der Waals surface area contributed by atoms with Gasteiger partial charge in [0.1, 0.15) is 0 Å². The van der Waals surface area contributed by atoms with Crippen LogP contribution >= 0.6 is 0 Å². The summed E-state index contributed by atoms with van der Waals surface area (Å²) < 4.78 is 2.80. The molecule has 14 heavy (non-hydrogen) atoms. The van der Waals surface area contributed by atoms with Crippen molar-refractivity contribution in [2.24, 2.45) is 0 Å². The molecule has 0 N–H and O–H groups in total. The van der Waals surface area contributed by atoms with E-state index in [4.69, 9.17) is 0 Å². The van der Waals surface area contributed by atoms with Crippen molar-refractivity contribution < 1.29 is 0 Å². The fourth-order valence-electron chi connectivity index (χ4n) is 2.19. The van der Waals surface area contributed by atoms with Gasteiger partial charge in [0.2, 0.25) is 0 Å². The summed E-state index contributed by atoms with van der Waals surface area (Å²) in [4.78, 5) is 0. The van der Waals surface area contributed by atoms with Crippen LogP contribution in [-0.2, 0) is 0 Å². The van der Waals surface area contributed by atoms with E-state index in [1.807, 2.05) is 0 Å². The summed E-state index contributed by atoms with van der Waals surface area (Å²) in [6.07, 6.45) is 7.05. The Hall–Kier alpha value is 2.39. The van der Waals surface area contributed by atoms with Crippen LogP contribution in [0.2, 0.25) is 18.9 Å². The molecule has 62 valence electrons. The normalized spacial score (nSPS) is 18.1. The molecule has 0 saturated carbocycles. The van der Waals surface area contributed by atoms with E-state index in [9.17, 15) is 0 Å². The molecule has 0 bridgehead atoms. The first kappa shape index (κ1) is 16.4. The first-order valence-electron chi connectivity index (χ1n) is 6.60. The van der Waals surface area contributed by atoms with Crippen molar-refractivity contribution in [1.29, 1.82) is 0 Å². The molecule has 0 amide bonds. The maximum absolute atomic E-state index is 2.43. The van der Waals surface area contributed by atoms with Crippen LogP contribution in [0.3, 0.4) is 0 Å². The number of hydrogen-bond donors (Lipinski definition) is 0. The van der Waals surface area contributed by atoms with Gasteiger partial charge in [0.05, 0.1) is 0 Å². The summed E-state index contributed by atoms with van der Waals surface area (Å²) in [5.74, 6) is 0. The molecule has 0 aliphatic carbocycles. The van der Waals surface area contributed by atoms with Gasteiger partial charge in [0, 0.05) is 0 Å². The van der Waals surface area contributed by atoms with E-state index < -0.39 is 0 Å². The summed E-state index contributed by atoms with van der Waals surface area (Å²) >= 11 is 9.50. The second-order valence-corrected chi connectivity index (χ2v) is 5.33. The van der Waals surface area contributed by atoms with E-state index in [2.05, 4.69) is 77.8 Å². The predicted molar refractivity (Wildman–Crippen MR) is 67.8 cm³/mol. The molecule has 0 spiro atoms. The Morgan fingerprint density at radius 1 is 0.857 bits per heavy atom. The molecule has 0 rings (SSSR count). The van der Waals surface area contributed by atoms with Gasteiger partial charge in [-0.2, -0.15) is 0 Å². The standard InChI is InChI=1S/C10H18.4Li/c1-3-5-7-9-10-8-6-4-2;;;;/h5-6,9H,1,3-4,7-8,10H2,2H3;;;;. The SMILES string of the molecule is [Li][CH2]C[CH]([Li])C[CH]([Li])CC[CH]([Li])CC. The molecule has 0 saturated heterocycles. The van der Waals surface area contributed by atoms with E-state index in [1.165, 1.54) is 37.2 Å². The Morgan fingerprint density at radius 3 is 1.86 bits per heavy atom. The zero-order chi connectivity index (χ0) is 11.0. The maximum atomic E-state index is 2.43. The second-order valence-electron chi connectivity index (χ2n) is 5.33. The van der Waals surface area contributed by atoms with Gasteiger partial charge >= 0.3 is 129 Å². The van der Waals surface area contributed by atoms with Crippen molar-refractivity contribution in [1.82, 2.24) is 0 Å². The predicted octanol–water partition coefficient (Wildman–Crippen LogP) is 2.41. The molecular formula is C10H18Li4. The summed E-state index contributed by atoms with van der Waals surface area (Å²) in [5, 5.41) is 1.35. The van der Waals surface area contributed by atoms with Crippen molar-refractivity contribution in [2.75, 3.05) is 0 Å². The van der Waals surface area contributed by atoms with Crippen LogP contribution < -0.4 is 0 Å². The zero-order valence-corrected chi connectivity index (χ0v) is 11.0.